The highest BCUT2D eigenvalue weighted by molar-refractivity contribution is 5.53. The van der Waals surface area contributed by atoms with Crippen molar-refractivity contribution in [3.63, 3.8) is 0 Å². The Morgan fingerprint density at radius 2 is 2.00 bits per heavy atom. The Morgan fingerprint density at radius 1 is 1.19 bits per heavy atom. The summed E-state index contributed by atoms with van der Waals surface area (Å²) in [5.74, 6) is 1.66. The van der Waals surface area contributed by atoms with E-state index in [2.05, 4.69) is 21.9 Å². The fourth-order valence-corrected chi connectivity index (χ4v) is 4.17. The highest BCUT2D eigenvalue weighted by atomic mass is 16.5. The molecule has 3 aliphatic heterocycles. The molecular weight excluding hydrogens is 344 g/mol. The van der Waals surface area contributed by atoms with E-state index in [9.17, 15) is 5.11 Å². The first-order valence-corrected chi connectivity index (χ1v) is 9.95. The standard InChI is InChI=1S/C21H30N2O4/c1-25-20-5-4-16-15-23(8-7-22-9-11-26-12-10-22)6-2-3-17(24)13-18-14-19(16)21(20)27-18/h2-5,17-18,24H,6-15H2,1H3/b3-2+/t17-,18?/m0/s1. The maximum absolute atomic E-state index is 10.3. The maximum Gasteiger partial charge on any atom is 0.165 e. The summed E-state index contributed by atoms with van der Waals surface area (Å²) in [4.78, 5) is 4.91. The lowest BCUT2D eigenvalue weighted by molar-refractivity contribution is 0.0335. The van der Waals surface area contributed by atoms with E-state index in [0.717, 1.165) is 70.4 Å². The SMILES string of the molecule is COc1ccc2c3c1OC(C3)C[C@@H](O)/C=C/CN(CCN1CCOCC1)C2. The number of methoxy groups -OCH3 is 1. The van der Waals surface area contributed by atoms with Crippen LogP contribution in [0.3, 0.4) is 0 Å². The topological polar surface area (TPSA) is 54.4 Å². The van der Waals surface area contributed by atoms with Gasteiger partial charge in [0.1, 0.15) is 6.10 Å². The smallest absolute Gasteiger partial charge is 0.165 e. The number of rotatable bonds is 4. The molecule has 148 valence electrons. The predicted octanol–water partition coefficient (Wildman–Crippen LogP) is 1.45. The third-order valence-corrected chi connectivity index (χ3v) is 5.71. The normalized spacial score (nSPS) is 27.6. The van der Waals surface area contributed by atoms with Gasteiger partial charge in [-0.1, -0.05) is 18.2 Å². The number of hydrogen-bond donors (Lipinski definition) is 1. The van der Waals surface area contributed by atoms with Gasteiger partial charge in [-0.3, -0.25) is 9.80 Å². The van der Waals surface area contributed by atoms with Gasteiger partial charge in [0, 0.05) is 57.7 Å². The van der Waals surface area contributed by atoms with Crippen LogP contribution in [0.4, 0.5) is 0 Å². The molecule has 0 aromatic heterocycles. The lowest BCUT2D eigenvalue weighted by Crippen LogP contribution is -2.41. The lowest BCUT2D eigenvalue weighted by Gasteiger charge is -2.30. The van der Waals surface area contributed by atoms with E-state index in [1.165, 1.54) is 11.1 Å². The van der Waals surface area contributed by atoms with Crippen molar-refractivity contribution in [3.8, 4) is 11.5 Å². The molecule has 0 radical (unpaired) electrons. The summed E-state index contributed by atoms with van der Waals surface area (Å²) >= 11 is 0. The Balaban J connectivity index is 1.53. The van der Waals surface area contributed by atoms with E-state index in [1.54, 1.807) is 7.11 Å². The van der Waals surface area contributed by atoms with Crippen molar-refractivity contribution in [2.24, 2.45) is 0 Å². The minimum atomic E-state index is -0.474. The Hall–Kier alpha value is -1.60. The van der Waals surface area contributed by atoms with Gasteiger partial charge < -0.3 is 19.3 Å². The number of aliphatic hydroxyl groups is 1. The zero-order valence-electron chi connectivity index (χ0n) is 16.1. The van der Waals surface area contributed by atoms with Gasteiger partial charge in [0.25, 0.3) is 0 Å². The Kier molecular flexibility index (Phi) is 5.98. The fraction of sp³-hybridized carbons (Fsp3) is 0.619. The molecule has 1 fully saturated rings. The molecule has 1 unspecified atom stereocenters. The van der Waals surface area contributed by atoms with Gasteiger partial charge in [0.2, 0.25) is 0 Å². The van der Waals surface area contributed by atoms with Crippen LogP contribution in [0, 0.1) is 0 Å². The molecule has 6 nitrogen and oxygen atoms in total. The molecule has 27 heavy (non-hydrogen) atoms. The summed E-state index contributed by atoms with van der Waals surface area (Å²) in [5.41, 5.74) is 2.55. The van der Waals surface area contributed by atoms with Crippen molar-refractivity contribution >= 4 is 0 Å². The van der Waals surface area contributed by atoms with Crippen LogP contribution in [0.15, 0.2) is 24.3 Å². The molecule has 2 atom stereocenters. The van der Waals surface area contributed by atoms with E-state index >= 15 is 0 Å². The van der Waals surface area contributed by atoms with Crippen LogP contribution >= 0.6 is 0 Å². The number of fused-ring (bicyclic) bond motifs is 1. The number of ether oxygens (including phenoxy) is 3. The van der Waals surface area contributed by atoms with Gasteiger partial charge in [0.05, 0.1) is 26.4 Å². The van der Waals surface area contributed by atoms with Crippen molar-refractivity contribution < 1.29 is 19.3 Å². The third kappa shape index (κ3) is 4.46. The molecule has 0 saturated carbocycles. The molecule has 1 aromatic carbocycles. The van der Waals surface area contributed by atoms with Crippen LogP contribution in [0.2, 0.25) is 0 Å². The Labute approximate surface area is 161 Å². The summed E-state index contributed by atoms with van der Waals surface area (Å²) in [6, 6.07) is 4.18. The zero-order chi connectivity index (χ0) is 18.6. The van der Waals surface area contributed by atoms with Crippen LogP contribution in [-0.2, 0) is 17.7 Å². The first kappa shape index (κ1) is 18.7. The molecular formula is C21H30N2O4. The summed E-state index contributed by atoms with van der Waals surface area (Å²) in [6.07, 6.45) is 4.99. The molecule has 0 spiro atoms. The second-order valence-corrected chi connectivity index (χ2v) is 7.60. The molecule has 0 amide bonds. The summed E-state index contributed by atoms with van der Waals surface area (Å²) in [6.45, 7) is 7.43. The monoisotopic (exact) mass is 374 g/mol. The van der Waals surface area contributed by atoms with Gasteiger partial charge in [-0.25, -0.2) is 0 Å². The quantitative estimate of drug-likeness (QED) is 0.806. The van der Waals surface area contributed by atoms with Gasteiger partial charge in [-0.05, 0) is 11.6 Å². The summed E-state index contributed by atoms with van der Waals surface area (Å²) < 4.78 is 17.1. The van der Waals surface area contributed by atoms with Gasteiger partial charge in [-0.15, -0.1) is 0 Å². The second-order valence-electron chi connectivity index (χ2n) is 7.60. The van der Waals surface area contributed by atoms with E-state index in [1.807, 2.05) is 12.1 Å². The van der Waals surface area contributed by atoms with Crippen molar-refractivity contribution in [3.05, 3.63) is 35.4 Å². The Morgan fingerprint density at radius 3 is 2.81 bits per heavy atom. The fourth-order valence-electron chi connectivity index (χ4n) is 4.17. The second kappa shape index (κ2) is 8.61. The highest BCUT2D eigenvalue weighted by Crippen LogP contribution is 2.41. The first-order valence-electron chi connectivity index (χ1n) is 9.95. The Bertz CT molecular complexity index is 672. The minimum absolute atomic E-state index is 0.00889. The predicted molar refractivity (Wildman–Crippen MR) is 103 cm³/mol. The number of hydrogen-bond acceptors (Lipinski definition) is 6. The molecule has 1 aromatic rings. The van der Waals surface area contributed by atoms with Crippen molar-refractivity contribution in [1.82, 2.24) is 9.80 Å². The van der Waals surface area contributed by atoms with Crippen molar-refractivity contribution in [2.45, 2.75) is 31.6 Å². The number of morpholine rings is 1. The first-order chi connectivity index (χ1) is 13.2. The van der Waals surface area contributed by atoms with Crippen LogP contribution in [0.1, 0.15) is 17.5 Å². The zero-order valence-corrected chi connectivity index (χ0v) is 16.1. The van der Waals surface area contributed by atoms with E-state index in [4.69, 9.17) is 14.2 Å². The van der Waals surface area contributed by atoms with E-state index in [-0.39, 0.29) is 6.10 Å². The van der Waals surface area contributed by atoms with Gasteiger partial charge in [0.15, 0.2) is 11.5 Å². The maximum atomic E-state index is 10.3. The number of aliphatic hydroxyl groups excluding tert-OH is 1. The van der Waals surface area contributed by atoms with E-state index in [0.29, 0.717) is 6.42 Å². The largest absolute Gasteiger partial charge is 0.493 e. The molecule has 0 aliphatic carbocycles. The molecule has 6 heteroatoms. The van der Waals surface area contributed by atoms with Crippen LogP contribution < -0.4 is 9.47 Å². The summed E-state index contributed by atoms with van der Waals surface area (Å²) in [5, 5.41) is 10.3. The van der Waals surface area contributed by atoms with Gasteiger partial charge in [-0.2, -0.15) is 0 Å². The van der Waals surface area contributed by atoms with E-state index < -0.39 is 6.10 Å². The average molecular weight is 374 g/mol. The molecule has 4 rings (SSSR count). The van der Waals surface area contributed by atoms with Crippen LogP contribution in [-0.4, -0.2) is 80.2 Å². The number of benzene rings is 1. The molecule has 2 bridgehead atoms. The number of nitrogens with zero attached hydrogens (tertiary/aromatic N) is 2. The third-order valence-electron chi connectivity index (χ3n) is 5.71. The van der Waals surface area contributed by atoms with Crippen molar-refractivity contribution in [1.29, 1.82) is 0 Å². The van der Waals surface area contributed by atoms with Crippen LogP contribution in [0.25, 0.3) is 0 Å². The lowest BCUT2D eigenvalue weighted by atomic mass is 10.00. The highest BCUT2D eigenvalue weighted by Gasteiger charge is 2.30. The molecule has 3 heterocycles. The average Bonchev–Trinajstić information content (AvgIpc) is 3.09. The van der Waals surface area contributed by atoms with Crippen molar-refractivity contribution in [2.75, 3.05) is 53.0 Å². The minimum Gasteiger partial charge on any atom is -0.493 e. The molecule has 1 saturated heterocycles. The van der Waals surface area contributed by atoms with Gasteiger partial charge >= 0.3 is 0 Å². The van der Waals surface area contributed by atoms with Crippen LogP contribution in [0.5, 0.6) is 11.5 Å². The molecule has 1 N–H and O–H groups in total. The summed E-state index contributed by atoms with van der Waals surface area (Å²) in [7, 11) is 1.68. The molecule has 3 aliphatic rings.